The summed E-state index contributed by atoms with van der Waals surface area (Å²) >= 11 is 1.01. The van der Waals surface area contributed by atoms with Gasteiger partial charge in [0.05, 0.1) is 41.6 Å². The normalized spacial score (nSPS) is 29.1. The molecular weight excluding hydrogens is 422 g/mol. The van der Waals surface area contributed by atoms with Gasteiger partial charge in [-0.2, -0.15) is 4.37 Å². The molecule has 11 heteroatoms. The number of β-amino-alcohol motifs (C(OH)–C–C–N with tert-alkyl or cyclic N) is 1. The number of aromatic nitrogens is 2. The average molecular weight is 459 g/mol. The Balaban J connectivity index is 1.81. The van der Waals surface area contributed by atoms with Crippen molar-refractivity contribution in [2.24, 2.45) is 0 Å². The van der Waals surface area contributed by atoms with E-state index in [0.29, 0.717) is 24.8 Å². The van der Waals surface area contributed by atoms with Gasteiger partial charge in [0.15, 0.2) is 0 Å². The van der Waals surface area contributed by atoms with Crippen molar-refractivity contribution in [1.29, 1.82) is 0 Å². The molecule has 4 atom stereocenters. The molecule has 2 fully saturated rings. The van der Waals surface area contributed by atoms with Gasteiger partial charge in [-0.15, -0.1) is 14.6 Å². The Hall–Kier alpha value is -1.08. The third kappa shape index (κ3) is 4.82. The summed E-state index contributed by atoms with van der Waals surface area (Å²) in [6.45, 7) is 14.2. The second-order valence-corrected chi connectivity index (χ2v) is 11.1. The molecule has 1 aromatic rings. The zero-order valence-corrected chi connectivity index (χ0v) is 20.3. The maximum atomic E-state index is 13.1. The van der Waals surface area contributed by atoms with Gasteiger partial charge in [-0.3, -0.25) is 0 Å². The quantitative estimate of drug-likeness (QED) is 0.545. The highest BCUT2D eigenvalue weighted by Crippen LogP contribution is 2.48. The van der Waals surface area contributed by atoms with Crippen LogP contribution in [0.2, 0.25) is 0 Å². The number of rotatable bonds is 7. The summed E-state index contributed by atoms with van der Waals surface area (Å²) < 4.78 is 20.7. The molecule has 177 valence electrons. The lowest BCUT2D eigenvalue weighted by molar-refractivity contribution is -0.254. The van der Waals surface area contributed by atoms with E-state index in [0.717, 1.165) is 16.8 Å². The topological polar surface area (TPSA) is 123 Å². The SMILES string of the molecule is CC(C)(C)NCC(O)COc1nsnc1N1CC(CO)OC2C1C(C)(C)N([O])C2(C)C. The Bertz CT molecular complexity index is 753. The fraction of sp³-hybridized carbons (Fsp3) is 0.900. The van der Waals surface area contributed by atoms with Crippen LogP contribution in [0.25, 0.3) is 0 Å². The van der Waals surface area contributed by atoms with Crippen LogP contribution in [-0.4, -0.2) is 91.3 Å². The van der Waals surface area contributed by atoms with Crippen LogP contribution in [0.3, 0.4) is 0 Å². The fourth-order valence-electron chi connectivity index (χ4n) is 4.52. The zero-order chi connectivity index (χ0) is 23.2. The summed E-state index contributed by atoms with van der Waals surface area (Å²) in [7, 11) is 0. The first-order valence-corrected chi connectivity index (χ1v) is 11.4. The molecule has 2 aliphatic heterocycles. The summed E-state index contributed by atoms with van der Waals surface area (Å²) in [4.78, 5) is 1.98. The van der Waals surface area contributed by atoms with Gasteiger partial charge in [0, 0.05) is 18.6 Å². The van der Waals surface area contributed by atoms with Gasteiger partial charge in [0.1, 0.15) is 18.8 Å². The number of nitrogens with one attached hydrogen (secondary N) is 1. The van der Waals surface area contributed by atoms with E-state index in [1.807, 2.05) is 53.4 Å². The van der Waals surface area contributed by atoms with Crippen LogP contribution in [0.4, 0.5) is 5.82 Å². The molecule has 0 saturated carbocycles. The number of anilines is 1. The lowest BCUT2D eigenvalue weighted by Gasteiger charge is -2.46. The van der Waals surface area contributed by atoms with Gasteiger partial charge in [0.25, 0.3) is 5.88 Å². The number of fused-ring (bicyclic) bond motifs is 1. The van der Waals surface area contributed by atoms with E-state index >= 15 is 0 Å². The summed E-state index contributed by atoms with van der Waals surface area (Å²) in [5, 5.41) is 37.5. The molecule has 3 rings (SSSR count). The standard InChI is InChI=1S/C20H36N5O5S/c1-18(2,3)21-8-12(27)11-29-17-16(22-31-23-17)24-9-13(10-26)30-15-14(24)19(4,5)25(28)20(15,6)7/h12-15,21,26-27H,8-11H2,1-7H3. The predicted octanol–water partition coefficient (Wildman–Crippen LogP) is 0.819. The van der Waals surface area contributed by atoms with Gasteiger partial charge < -0.3 is 29.9 Å². The maximum absolute atomic E-state index is 13.1. The van der Waals surface area contributed by atoms with Crippen molar-refractivity contribution in [1.82, 2.24) is 19.1 Å². The number of aliphatic hydroxyl groups excluding tert-OH is 2. The molecule has 3 N–H and O–H groups in total. The van der Waals surface area contributed by atoms with E-state index in [-0.39, 0.29) is 24.8 Å². The minimum absolute atomic E-state index is 0.0614. The zero-order valence-electron chi connectivity index (χ0n) is 19.5. The molecule has 10 nitrogen and oxygen atoms in total. The van der Waals surface area contributed by atoms with Gasteiger partial charge in [0.2, 0.25) is 5.82 Å². The Labute approximate surface area is 188 Å². The monoisotopic (exact) mass is 458 g/mol. The minimum atomic E-state index is -0.778. The molecule has 1 radical (unpaired) electrons. The Morgan fingerprint density at radius 1 is 1.29 bits per heavy atom. The van der Waals surface area contributed by atoms with Crippen LogP contribution in [0.5, 0.6) is 5.88 Å². The van der Waals surface area contributed by atoms with Crippen molar-refractivity contribution >= 4 is 17.5 Å². The Morgan fingerprint density at radius 2 is 1.97 bits per heavy atom. The highest BCUT2D eigenvalue weighted by atomic mass is 32.1. The van der Waals surface area contributed by atoms with Gasteiger partial charge in [-0.1, -0.05) is 0 Å². The fourth-order valence-corrected chi connectivity index (χ4v) is 5.03. The van der Waals surface area contributed by atoms with Crippen LogP contribution >= 0.6 is 11.7 Å². The number of morpholine rings is 1. The predicted molar refractivity (Wildman–Crippen MR) is 117 cm³/mol. The lowest BCUT2D eigenvalue weighted by atomic mass is 9.88. The molecule has 0 bridgehead atoms. The maximum Gasteiger partial charge on any atom is 0.270 e. The van der Waals surface area contributed by atoms with Crippen LogP contribution in [0.1, 0.15) is 48.5 Å². The first-order valence-electron chi connectivity index (χ1n) is 10.7. The number of nitrogens with zero attached hydrogens (tertiary/aromatic N) is 4. The van der Waals surface area contributed by atoms with Gasteiger partial charge >= 0.3 is 0 Å². The molecule has 2 aliphatic rings. The number of hydroxylamine groups is 2. The third-order valence-electron chi connectivity index (χ3n) is 6.03. The third-order valence-corrected chi connectivity index (χ3v) is 6.53. The molecule has 4 unspecified atom stereocenters. The average Bonchev–Trinajstić information content (AvgIpc) is 3.21. The van der Waals surface area contributed by atoms with Gasteiger partial charge in [-0.25, -0.2) is 0 Å². The molecule has 0 aliphatic carbocycles. The second-order valence-electron chi connectivity index (χ2n) is 10.5. The molecule has 31 heavy (non-hydrogen) atoms. The highest BCUT2D eigenvalue weighted by molar-refractivity contribution is 6.99. The lowest BCUT2D eigenvalue weighted by Crippen LogP contribution is -2.62. The van der Waals surface area contributed by atoms with E-state index in [2.05, 4.69) is 14.1 Å². The van der Waals surface area contributed by atoms with Crippen molar-refractivity contribution < 1.29 is 24.9 Å². The van der Waals surface area contributed by atoms with E-state index in [1.165, 1.54) is 0 Å². The van der Waals surface area contributed by atoms with Crippen molar-refractivity contribution in [2.45, 2.75) is 89.4 Å². The molecule has 0 amide bonds. The molecule has 3 heterocycles. The minimum Gasteiger partial charge on any atom is -0.472 e. The summed E-state index contributed by atoms with van der Waals surface area (Å²) in [6, 6.07) is -0.304. The Morgan fingerprint density at radius 3 is 2.58 bits per heavy atom. The molecule has 1 aromatic heterocycles. The second kappa shape index (κ2) is 8.69. The number of ether oxygens (including phenoxy) is 2. The van der Waals surface area contributed by atoms with Crippen LogP contribution in [-0.2, 0) is 9.94 Å². The Kier molecular flexibility index (Phi) is 6.89. The van der Waals surface area contributed by atoms with Crippen molar-refractivity contribution in [3.63, 3.8) is 0 Å². The van der Waals surface area contributed by atoms with E-state index in [1.54, 1.807) is 0 Å². The van der Waals surface area contributed by atoms with Crippen molar-refractivity contribution in [3.8, 4) is 5.88 Å². The smallest absolute Gasteiger partial charge is 0.270 e. The van der Waals surface area contributed by atoms with Gasteiger partial charge in [-0.05, 0) is 48.5 Å². The van der Waals surface area contributed by atoms with Crippen molar-refractivity contribution in [3.05, 3.63) is 0 Å². The summed E-state index contributed by atoms with van der Waals surface area (Å²) in [5.74, 6) is 0.826. The van der Waals surface area contributed by atoms with E-state index in [4.69, 9.17) is 9.47 Å². The van der Waals surface area contributed by atoms with Crippen LogP contribution in [0.15, 0.2) is 0 Å². The molecular formula is C20H36N5O5S. The summed E-state index contributed by atoms with van der Waals surface area (Å²) in [5.41, 5.74) is -1.65. The first-order chi connectivity index (χ1) is 14.3. The summed E-state index contributed by atoms with van der Waals surface area (Å²) in [6.07, 6.45) is -1.60. The molecule has 0 spiro atoms. The van der Waals surface area contributed by atoms with Crippen LogP contribution < -0.4 is 15.0 Å². The number of hydrogen-bond acceptors (Lipinski definition) is 10. The molecule has 0 aromatic carbocycles. The number of hydrogen-bond donors (Lipinski definition) is 3. The van der Waals surface area contributed by atoms with E-state index < -0.39 is 29.4 Å². The highest BCUT2D eigenvalue weighted by Gasteiger charge is 2.64. The van der Waals surface area contributed by atoms with Crippen LogP contribution in [0, 0.1) is 0 Å². The largest absolute Gasteiger partial charge is 0.472 e. The van der Waals surface area contributed by atoms with E-state index in [9.17, 15) is 15.4 Å². The first kappa shape index (κ1) is 24.6. The molecule has 2 saturated heterocycles. The van der Waals surface area contributed by atoms with Crippen molar-refractivity contribution in [2.75, 3.05) is 31.2 Å². The number of aliphatic hydroxyl groups is 2.